The van der Waals surface area contributed by atoms with E-state index >= 15 is 0 Å². The Balaban J connectivity index is 2.51. The molecule has 0 spiro atoms. The molecule has 2 N–H and O–H groups in total. The molecular formula is C11H13NO2S2. The van der Waals surface area contributed by atoms with Gasteiger partial charge in [-0.2, -0.15) is 0 Å². The van der Waals surface area contributed by atoms with Crippen molar-refractivity contribution in [3.05, 3.63) is 35.4 Å². The van der Waals surface area contributed by atoms with Gasteiger partial charge in [0.25, 0.3) is 0 Å². The zero-order chi connectivity index (χ0) is 12.0. The first-order valence-corrected chi connectivity index (χ1v) is 6.23. The Morgan fingerprint density at radius 1 is 1.56 bits per heavy atom. The molecule has 0 unspecified atom stereocenters. The molecule has 1 aromatic carbocycles. The topological polar surface area (TPSA) is 52.3 Å². The van der Waals surface area contributed by atoms with Gasteiger partial charge in [0, 0.05) is 11.3 Å². The van der Waals surface area contributed by atoms with Gasteiger partial charge in [0.1, 0.15) is 4.99 Å². The molecule has 86 valence electrons. The Morgan fingerprint density at radius 2 is 2.31 bits per heavy atom. The highest BCUT2D eigenvalue weighted by molar-refractivity contribution is 7.99. The second-order valence-corrected chi connectivity index (χ2v) is 4.56. The third kappa shape index (κ3) is 4.20. The van der Waals surface area contributed by atoms with E-state index < -0.39 is 0 Å². The van der Waals surface area contributed by atoms with Gasteiger partial charge < -0.3 is 10.5 Å². The van der Waals surface area contributed by atoms with Crippen molar-refractivity contribution in [3.8, 4) is 0 Å². The van der Waals surface area contributed by atoms with E-state index in [-0.39, 0.29) is 5.97 Å². The van der Waals surface area contributed by atoms with Crippen LogP contribution in [0.15, 0.2) is 24.3 Å². The van der Waals surface area contributed by atoms with Crippen molar-refractivity contribution in [2.24, 2.45) is 5.73 Å². The minimum atomic E-state index is -0.212. The molecule has 0 aliphatic rings. The molecule has 3 nitrogen and oxygen atoms in total. The number of nitrogens with two attached hydrogens (primary N) is 1. The lowest BCUT2D eigenvalue weighted by atomic mass is 10.1. The fourth-order valence-corrected chi connectivity index (χ4v) is 2.05. The van der Waals surface area contributed by atoms with Gasteiger partial charge in [-0.05, 0) is 11.6 Å². The summed E-state index contributed by atoms with van der Waals surface area (Å²) in [6, 6.07) is 7.69. The number of hydrogen-bond acceptors (Lipinski definition) is 4. The number of esters is 1. The zero-order valence-electron chi connectivity index (χ0n) is 8.93. The minimum Gasteiger partial charge on any atom is -0.468 e. The summed E-state index contributed by atoms with van der Waals surface area (Å²) in [5.41, 5.74) is 7.48. The zero-order valence-corrected chi connectivity index (χ0v) is 10.6. The first kappa shape index (κ1) is 13.0. The van der Waals surface area contributed by atoms with Crippen LogP contribution in [0, 0.1) is 0 Å². The van der Waals surface area contributed by atoms with Gasteiger partial charge in [0.15, 0.2) is 0 Å². The van der Waals surface area contributed by atoms with Gasteiger partial charge in [-0.1, -0.05) is 30.4 Å². The molecule has 0 saturated heterocycles. The third-order valence-electron chi connectivity index (χ3n) is 1.93. The van der Waals surface area contributed by atoms with Gasteiger partial charge in [0.05, 0.1) is 12.9 Å². The smallest absolute Gasteiger partial charge is 0.315 e. The van der Waals surface area contributed by atoms with Crippen LogP contribution in [0.25, 0.3) is 0 Å². The van der Waals surface area contributed by atoms with Gasteiger partial charge in [-0.15, -0.1) is 11.8 Å². The molecule has 0 aromatic heterocycles. The van der Waals surface area contributed by atoms with Crippen molar-refractivity contribution in [1.82, 2.24) is 0 Å². The Morgan fingerprint density at radius 3 is 2.94 bits per heavy atom. The monoisotopic (exact) mass is 255 g/mol. The highest BCUT2D eigenvalue weighted by Crippen LogP contribution is 2.13. The summed E-state index contributed by atoms with van der Waals surface area (Å²) in [5, 5.41) is 0. The van der Waals surface area contributed by atoms with E-state index in [4.69, 9.17) is 18.0 Å². The summed E-state index contributed by atoms with van der Waals surface area (Å²) in [6.45, 7) is 0. The van der Waals surface area contributed by atoms with Crippen molar-refractivity contribution in [3.63, 3.8) is 0 Å². The minimum absolute atomic E-state index is 0.212. The van der Waals surface area contributed by atoms with Crippen LogP contribution in [0.4, 0.5) is 0 Å². The van der Waals surface area contributed by atoms with Gasteiger partial charge in [0.2, 0.25) is 0 Å². The predicted molar refractivity (Wildman–Crippen MR) is 70.5 cm³/mol. The summed E-state index contributed by atoms with van der Waals surface area (Å²) in [5.74, 6) is 0.884. The molecule has 0 aliphatic heterocycles. The summed E-state index contributed by atoms with van der Waals surface area (Å²) in [6.07, 6.45) is 0. The molecule has 0 amide bonds. The van der Waals surface area contributed by atoms with Crippen molar-refractivity contribution >= 4 is 34.9 Å². The van der Waals surface area contributed by atoms with E-state index in [1.54, 1.807) is 0 Å². The third-order valence-corrected chi connectivity index (χ3v) is 3.14. The molecule has 0 fully saturated rings. The van der Waals surface area contributed by atoms with Crippen LogP contribution in [0.2, 0.25) is 0 Å². The first-order valence-electron chi connectivity index (χ1n) is 4.67. The number of rotatable bonds is 5. The van der Waals surface area contributed by atoms with Crippen LogP contribution >= 0.6 is 24.0 Å². The SMILES string of the molecule is COC(=O)CSCc1cccc(C(N)=S)c1. The molecular weight excluding hydrogens is 242 g/mol. The molecule has 0 radical (unpaired) electrons. The molecule has 1 aromatic rings. The summed E-state index contributed by atoms with van der Waals surface area (Å²) < 4.78 is 4.55. The van der Waals surface area contributed by atoms with Gasteiger partial charge >= 0.3 is 5.97 Å². The second-order valence-electron chi connectivity index (χ2n) is 3.13. The Kier molecular flexibility index (Phi) is 5.28. The molecule has 1 rings (SSSR count). The quantitative estimate of drug-likeness (QED) is 0.641. The molecule has 0 bridgehead atoms. The van der Waals surface area contributed by atoms with Crippen molar-refractivity contribution < 1.29 is 9.53 Å². The number of thioether (sulfide) groups is 1. The molecule has 0 atom stereocenters. The normalized spacial score (nSPS) is 9.81. The summed E-state index contributed by atoms with van der Waals surface area (Å²) >= 11 is 6.39. The van der Waals surface area contributed by atoms with Crippen molar-refractivity contribution in [2.45, 2.75) is 5.75 Å². The Labute approximate surface area is 104 Å². The van der Waals surface area contributed by atoms with E-state index in [1.807, 2.05) is 24.3 Å². The van der Waals surface area contributed by atoms with E-state index in [1.165, 1.54) is 18.9 Å². The van der Waals surface area contributed by atoms with Gasteiger partial charge in [-0.3, -0.25) is 4.79 Å². The number of ether oxygens (including phenoxy) is 1. The van der Waals surface area contributed by atoms with E-state index in [0.29, 0.717) is 10.7 Å². The lowest BCUT2D eigenvalue weighted by Crippen LogP contribution is -2.09. The number of carbonyl (C=O) groups excluding carboxylic acids is 1. The van der Waals surface area contributed by atoms with Crippen LogP contribution in [-0.4, -0.2) is 23.8 Å². The fourth-order valence-electron chi connectivity index (χ4n) is 1.13. The van der Waals surface area contributed by atoms with Crippen LogP contribution in [0.3, 0.4) is 0 Å². The average Bonchev–Trinajstić information content (AvgIpc) is 2.29. The van der Waals surface area contributed by atoms with Crippen LogP contribution in [0.1, 0.15) is 11.1 Å². The molecule has 0 aliphatic carbocycles. The average molecular weight is 255 g/mol. The van der Waals surface area contributed by atoms with Crippen molar-refractivity contribution in [2.75, 3.05) is 12.9 Å². The van der Waals surface area contributed by atoms with Crippen LogP contribution < -0.4 is 5.73 Å². The summed E-state index contributed by atoms with van der Waals surface area (Å²) in [7, 11) is 1.39. The van der Waals surface area contributed by atoms with E-state index in [9.17, 15) is 4.79 Å². The lowest BCUT2D eigenvalue weighted by molar-refractivity contribution is -0.137. The standard InChI is InChI=1S/C11H13NO2S2/c1-14-10(13)7-16-6-8-3-2-4-9(5-8)11(12)15/h2-5H,6-7H2,1H3,(H2,12,15). The number of benzene rings is 1. The molecule has 0 heterocycles. The lowest BCUT2D eigenvalue weighted by Gasteiger charge is -2.03. The highest BCUT2D eigenvalue weighted by Gasteiger charge is 2.02. The predicted octanol–water partition coefficient (Wildman–Crippen LogP) is 1.73. The Hall–Kier alpha value is -1.07. The largest absolute Gasteiger partial charge is 0.468 e. The number of hydrogen-bond donors (Lipinski definition) is 1. The highest BCUT2D eigenvalue weighted by atomic mass is 32.2. The maximum Gasteiger partial charge on any atom is 0.315 e. The molecule has 0 saturated carbocycles. The number of carbonyl (C=O) groups is 1. The van der Waals surface area contributed by atoms with Gasteiger partial charge in [-0.25, -0.2) is 0 Å². The number of thiocarbonyl (C=S) groups is 1. The van der Waals surface area contributed by atoms with E-state index in [2.05, 4.69) is 4.74 Å². The maximum absolute atomic E-state index is 10.9. The summed E-state index contributed by atoms with van der Waals surface area (Å²) in [4.78, 5) is 11.3. The van der Waals surface area contributed by atoms with Crippen LogP contribution in [-0.2, 0) is 15.3 Å². The molecule has 16 heavy (non-hydrogen) atoms. The first-order chi connectivity index (χ1) is 7.63. The number of methoxy groups -OCH3 is 1. The van der Waals surface area contributed by atoms with Crippen molar-refractivity contribution in [1.29, 1.82) is 0 Å². The van der Waals surface area contributed by atoms with Crippen LogP contribution in [0.5, 0.6) is 0 Å². The fraction of sp³-hybridized carbons (Fsp3) is 0.273. The van der Waals surface area contributed by atoms with E-state index in [0.717, 1.165) is 16.9 Å². The Bertz CT molecular complexity index is 393. The second kappa shape index (κ2) is 6.50. The maximum atomic E-state index is 10.9. The molecule has 5 heteroatoms.